The maximum Gasteiger partial charge on any atom is 0.140 e. The van der Waals surface area contributed by atoms with Gasteiger partial charge in [0.2, 0.25) is 0 Å². The number of hydrogen-bond donors (Lipinski definition) is 0. The van der Waals surface area contributed by atoms with E-state index >= 15 is 0 Å². The summed E-state index contributed by atoms with van der Waals surface area (Å²) in [6, 6.07) is 77.2. The second kappa shape index (κ2) is 11.1. The summed E-state index contributed by atoms with van der Waals surface area (Å²) in [5, 5.41) is 4.86. The number of benzene rings is 10. The van der Waals surface area contributed by atoms with Gasteiger partial charge in [0.05, 0.1) is 10.8 Å². The fourth-order valence-electron chi connectivity index (χ4n) is 11.8. The van der Waals surface area contributed by atoms with Crippen LogP contribution in [0.2, 0.25) is 0 Å². The molecule has 0 amide bonds. The highest BCUT2D eigenvalue weighted by Gasteiger charge is 2.53. The van der Waals surface area contributed by atoms with Crippen molar-refractivity contribution in [3.8, 4) is 56.0 Å². The molecule has 14 rings (SSSR count). The Bertz CT molecular complexity index is 3450. The van der Waals surface area contributed by atoms with Crippen LogP contribution in [0.15, 0.2) is 206 Å². The van der Waals surface area contributed by atoms with E-state index in [9.17, 15) is 0 Å². The van der Waals surface area contributed by atoms with E-state index in [0.29, 0.717) is 0 Å². The molecule has 0 saturated heterocycles. The quantitative estimate of drug-likeness (QED) is 0.163. The Balaban J connectivity index is 1.02. The molecule has 1 heterocycles. The summed E-state index contributed by atoms with van der Waals surface area (Å²) in [6.07, 6.45) is 0. The van der Waals surface area contributed by atoms with Gasteiger partial charge < -0.3 is 4.74 Å². The maximum atomic E-state index is 7.08. The van der Waals surface area contributed by atoms with Gasteiger partial charge in [-0.25, -0.2) is 0 Å². The van der Waals surface area contributed by atoms with Gasteiger partial charge in [-0.3, -0.25) is 0 Å². The van der Waals surface area contributed by atoms with Gasteiger partial charge in [-0.05, 0) is 124 Å². The topological polar surface area (TPSA) is 9.23 Å². The van der Waals surface area contributed by atoms with Crippen molar-refractivity contribution in [1.29, 1.82) is 0 Å². The monoisotopic (exact) mass is 746 g/mol. The lowest BCUT2D eigenvalue weighted by Crippen LogP contribution is -2.32. The van der Waals surface area contributed by atoms with E-state index in [0.717, 1.165) is 16.9 Å². The Morgan fingerprint density at radius 1 is 0.271 bits per heavy atom. The van der Waals surface area contributed by atoms with Gasteiger partial charge in [0.1, 0.15) is 11.5 Å². The maximum absolute atomic E-state index is 7.08. The average Bonchev–Trinajstić information content (AvgIpc) is 3.88. The van der Waals surface area contributed by atoms with Gasteiger partial charge in [0.25, 0.3) is 0 Å². The summed E-state index contributed by atoms with van der Waals surface area (Å²) < 4.78 is 7.08. The summed E-state index contributed by atoms with van der Waals surface area (Å²) in [6.45, 7) is 0. The van der Waals surface area contributed by atoms with Crippen LogP contribution in [0, 0.1) is 0 Å². The Labute approximate surface area is 342 Å². The van der Waals surface area contributed by atoms with Crippen molar-refractivity contribution >= 4 is 21.5 Å². The molecular weight excluding hydrogens is 713 g/mol. The van der Waals surface area contributed by atoms with E-state index in [2.05, 4.69) is 206 Å². The zero-order valence-corrected chi connectivity index (χ0v) is 32.0. The average molecular weight is 747 g/mol. The van der Waals surface area contributed by atoms with Crippen molar-refractivity contribution in [2.75, 3.05) is 0 Å². The fourth-order valence-corrected chi connectivity index (χ4v) is 11.8. The molecule has 1 atom stereocenters. The van der Waals surface area contributed by atoms with Crippen LogP contribution < -0.4 is 4.74 Å². The first kappa shape index (κ1) is 31.6. The lowest BCUT2D eigenvalue weighted by atomic mass is 9.65. The Hall–Kier alpha value is -7.48. The Morgan fingerprint density at radius 3 is 1.39 bits per heavy atom. The molecule has 0 saturated carbocycles. The van der Waals surface area contributed by atoms with Gasteiger partial charge in [-0.1, -0.05) is 176 Å². The normalized spacial score (nSPS) is 16.5. The summed E-state index contributed by atoms with van der Waals surface area (Å²) in [4.78, 5) is 0. The molecule has 0 fully saturated rings. The molecule has 10 aromatic carbocycles. The molecule has 0 N–H and O–H groups in total. The van der Waals surface area contributed by atoms with Crippen molar-refractivity contribution in [3.63, 3.8) is 0 Å². The zero-order valence-electron chi connectivity index (χ0n) is 32.0. The number of fused-ring (bicyclic) bond motifs is 22. The lowest BCUT2D eigenvalue weighted by molar-refractivity contribution is 0.442. The standard InChI is InChI=1S/C58H34O/c1-2-15-37-33-53-46(31-36(37)14-1)44-20-8-12-24-50(44)57(53)49-23-11-7-19-43(49)45-32-38(26-28-51(45)57)39-27-30-55-54(34-39)58(52-29-25-35-13-3-4-16-40(35)56(52)59-55)47-21-9-5-17-41(47)42-18-6-10-22-48(42)58/h1-34H. The molecule has 3 aliphatic carbocycles. The number of rotatable bonds is 1. The smallest absolute Gasteiger partial charge is 0.140 e. The minimum Gasteiger partial charge on any atom is -0.456 e. The number of ether oxygens (including phenoxy) is 1. The molecule has 0 radical (unpaired) electrons. The molecule has 1 nitrogen and oxygen atoms in total. The van der Waals surface area contributed by atoms with Crippen LogP contribution in [0.5, 0.6) is 11.5 Å². The largest absolute Gasteiger partial charge is 0.456 e. The molecule has 0 bridgehead atoms. The van der Waals surface area contributed by atoms with E-state index in [1.54, 1.807) is 0 Å². The molecule has 272 valence electrons. The van der Waals surface area contributed by atoms with Crippen LogP contribution >= 0.6 is 0 Å². The van der Waals surface area contributed by atoms with E-state index in [1.807, 2.05) is 0 Å². The molecule has 4 aliphatic rings. The summed E-state index contributed by atoms with van der Waals surface area (Å²) in [5.74, 6) is 1.85. The highest BCUT2D eigenvalue weighted by Crippen LogP contribution is 2.65. The predicted molar refractivity (Wildman–Crippen MR) is 241 cm³/mol. The summed E-state index contributed by atoms with van der Waals surface area (Å²) >= 11 is 0. The molecule has 10 aromatic rings. The van der Waals surface area contributed by atoms with E-state index in [1.165, 1.54) is 105 Å². The lowest BCUT2D eigenvalue weighted by Gasteiger charge is -2.40. The SMILES string of the molecule is c1ccc2c(c1)-c1cc(-c3ccc4c(c3)C3(c5ccccc5-c5ccccc53)c3ccc5ccccc5c3O4)ccc1C21c2ccccc2-c2cc3ccccc3cc21. The second-order valence-electron chi connectivity index (χ2n) is 16.7. The third-order valence-electron chi connectivity index (χ3n) is 14.1. The molecule has 1 unspecified atom stereocenters. The zero-order chi connectivity index (χ0) is 38.5. The van der Waals surface area contributed by atoms with Crippen molar-refractivity contribution in [3.05, 3.63) is 251 Å². The minimum atomic E-state index is -0.552. The van der Waals surface area contributed by atoms with E-state index in [-0.39, 0.29) is 0 Å². The molecule has 1 heteroatoms. The molecule has 1 aliphatic heterocycles. The van der Waals surface area contributed by atoms with Crippen molar-refractivity contribution in [2.45, 2.75) is 10.8 Å². The Kier molecular flexibility index (Phi) is 5.96. The second-order valence-corrected chi connectivity index (χ2v) is 16.7. The van der Waals surface area contributed by atoms with E-state index < -0.39 is 10.8 Å². The predicted octanol–water partition coefficient (Wildman–Crippen LogP) is 14.5. The van der Waals surface area contributed by atoms with Crippen LogP contribution in [0.25, 0.3) is 66.1 Å². The van der Waals surface area contributed by atoms with Crippen LogP contribution in [0.4, 0.5) is 0 Å². The summed E-state index contributed by atoms with van der Waals surface area (Å²) in [7, 11) is 0. The van der Waals surface area contributed by atoms with Gasteiger partial charge >= 0.3 is 0 Å². The van der Waals surface area contributed by atoms with Gasteiger partial charge in [-0.2, -0.15) is 0 Å². The number of hydrogen-bond acceptors (Lipinski definition) is 1. The highest BCUT2D eigenvalue weighted by molar-refractivity contribution is 6.01. The first-order valence-corrected chi connectivity index (χ1v) is 20.7. The van der Waals surface area contributed by atoms with Gasteiger partial charge in [0, 0.05) is 16.5 Å². The summed E-state index contributed by atoms with van der Waals surface area (Å²) in [5.41, 5.74) is 19.6. The van der Waals surface area contributed by atoms with Crippen LogP contribution in [0.1, 0.15) is 44.5 Å². The van der Waals surface area contributed by atoms with Gasteiger partial charge in [0.15, 0.2) is 0 Å². The molecule has 0 aromatic heterocycles. The van der Waals surface area contributed by atoms with Crippen LogP contribution in [-0.4, -0.2) is 0 Å². The fraction of sp³-hybridized carbons (Fsp3) is 0.0345. The Morgan fingerprint density at radius 2 is 0.729 bits per heavy atom. The van der Waals surface area contributed by atoms with E-state index in [4.69, 9.17) is 4.74 Å². The molecule has 59 heavy (non-hydrogen) atoms. The first-order valence-electron chi connectivity index (χ1n) is 20.7. The third kappa shape index (κ3) is 3.77. The highest BCUT2D eigenvalue weighted by atomic mass is 16.5. The van der Waals surface area contributed by atoms with Crippen LogP contribution in [-0.2, 0) is 10.8 Å². The van der Waals surface area contributed by atoms with Crippen molar-refractivity contribution in [1.82, 2.24) is 0 Å². The first-order chi connectivity index (χ1) is 29.2. The van der Waals surface area contributed by atoms with Crippen LogP contribution in [0.3, 0.4) is 0 Å². The van der Waals surface area contributed by atoms with Crippen molar-refractivity contribution < 1.29 is 4.74 Å². The molecular formula is C58H34O. The van der Waals surface area contributed by atoms with Crippen molar-refractivity contribution in [2.24, 2.45) is 0 Å². The van der Waals surface area contributed by atoms with Gasteiger partial charge in [-0.15, -0.1) is 0 Å². The third-order valence-corrected chi connectivity index (χ3v) is 14.1. The minimum absolute atomic E-state index is 0.405. The molecule has 2 spiro atoms.